The van der Waals surface area contributed by atoms with Crippen LogP contribution in [0.1, 0.15) is 44.6 Å². The van der Waals surface area contributed by atoms with Gasteiger partial charge in [-0.2, -0.15) is 0 Å². The first-order valence-corrected chi connectivity index (χ1v) is 10.9. The van der Waals surface area contributed by atoms with Gasteiger partial charge in [0, 0.05) is 18.8 Å². The van der Waals surface area contributed by atoms with Gasteiger partial charge in [-0.15, -0.1) is 11.8 Å². The number of aryl methyl sites for hydroxylation is 1. The Morgan fingerprint density at radius 2 is 1.79 bits per heavy atom. The molecule has 154 valence electrons. The van der Waals surface area contributed by atoms with E-state index in [0.29, 0.717) is 11.7 Å². The van der Waals surface area contributed by atoms with Gasteiger partial charge in [-0.25, -0.2) is 0 Å². The van der Waals surface area contributed by atoms with Gasteiger partial charge in [-0.1, -0.05) is 37.0 Å². The largest absolute Gasteiger partial charge is 0.452 e. The highest BCUT2D eigenvalue weighted by atomic mass is 32.2. The van der Waals surface area contributed by atoms with Crippen LogP contribution in [0, 0.1) is 6.92 Å². The third-order valence-electron chi connectivity index (χ3n) is 4.96. The summed E-state index contributed by atoms with van der Waals surface area (Å²) in [5, 5.41) is 2.72. The lowest BCUT2D eigenvalue weighted by Gasteiger charge is -2.31. The van der Waals surface area contributed by atoms with E-state index in [1.54, 1.807) is 12.1 Å². The fraction of sp³-hybridized carbons (Fsp3) is 0.571. The van der Waals surface area contributed by atoms with Gasteiger partial charge in [0.15, 0.2) is 6.10 Å². The zero-order chi connectivity index (χ0) is 20.5. The van der Waals surface area contributed by atoms with Crippen molar-refractivity contribution in [2.45, 2.75) is 58.1 Å². The summed E-state index contributed by atoms with van der Waals surface area (Å²) in [7, 11) is 1.84. The van der Waals surface area contributed by atoms with E-state index < -0.39 is 12.1 Å². The predicted octanol–water partition coefficient (Wildman–Crippen LogP) is 3.39. The van der Waals surface area contributed by atoms with E-state index in [2.05, 4.69) is 5.32 Å². The molecule has 2 amide bonds. The lowest BCUT2D eigenvalue weighted by Crippen LogP contribution is -2.39. The topological polar surface area (TPSA) is 75.7 Å². The number of hydrogen-bond acceptors (Lipinski definition) is 5. The molecule has 28 heavy (non-hydrogen) atoms. The Morgan fingerprint density at radius 3 is 2.43 bits per heavy atom. The van der Waals surface area contributed by atoms with Crippen molar-refractivity contribution in [3.8, 4) is 0 Å². The van der Waals surface area contributed by atoms with Crippen molar-refractivity contribution in [3.63, 3.8) is 0 Å². The minimum absolute atomic E-state index is 0.0369. The molecule has 0 saturated heterocycles. The van der Waals surface area contributed by atoms with Crippen molar-refractivity contribution in [1.82, 2.24) is 4.90 Å². The molecule has 6 nitrogen and oxygen atoms in total. The van der Waals surface area contributed by atoms with Crippen molar-refractivity contribution >= 4 is 35.2 Å². The third kappa shape index (κ3) is 7.19. The SMILES string of the molecule is Cc1ccc(NC(=O)[C@@H](C)OC(=O)CSCC(=O)N(C)C2CCCCC2)cc1. The lowest BCUT2D eigenvalue weighted by atomic mass is 9.94. The first kappa shape index (κ1) is 22.3. The quantitative estimate of drug-likeness (QED) is 0.670. The van der Waals surface area contributed by atoms with Crippen LogP contribution in [0.5, 0.6) is 0 Å². The monoisotopic (exact) mass is 406 g/mol. The number of nitrogens with one attached hydrogen (secondary N) is 1. The summed E-state index contributed by atoms with van der Waals surface area (Å²) in [6.07, 6.45) is 4.81. The molecule has 1 saturated carbocycles. The number of anilines is 1. The fourth-order valence-electron chi connectivity index (χ4n) is 3.16. The summed E-state index contributed by atoms with van der Waals surface area (Å²) in [6.45, 7) is 3.50. The summed E-state index contributed by atoms with van der Waals surface area (Å²) in [5.41, 5.74) is 1.75. The average Bonchev–Trinajstić information content (AvgIpc) is 2.69. The number of hydrogen-bond donors (Lipinski definition) is 1. The highest BCUT2D eigenvalue weighted by molar-refractivity contribution is 8.00. The van der Waals surface area contributed by atoms with Gasteiger partial charge in [-0.3, -0.25) is 14.4 Å². The van der Waals surface area contributed by atoms with Crippen LogP contribution in [0.3, 0.4) is 0 Å². The number of amides is 2. The Labute approximate surface area is 171 Å². The number of nitrogens with zero attached hydrogens (tertiary/aromatic N) is 1. The van der Waals surface area contributed by atoms with E-state index in [1.807, 2.05) is 31.0 Å². The maximum atomic E-state index is 12.3. The smallest absolute Gasteiger partial charge is 0.316 e. The first-order chi connectivity index (χ1) is 13.4. The van der Waals surface area contributed by atoms with Crippen molar-refractivity contribution in [1.29, 1.82) is 0 Å². The Morgan fingerprint density at radius 1 is 1.14 bits per heavy atom. The molecule has 0 aliphatic heterocycles. The van der Waals surface area contributed by atoms with Gasteiger partial charge in [0.2, 0.25) is 5.91 Å². The molecule has 0 unspecified atom stereocenters. The number of ether oxygens (including phenoxy) is 1. The molecule has 1 fully saturated rings. The maximum absolute atomic E-state index is 12.3. The number of benzene rings is 1. The van der Waals surface area contributed by atoms with E-state index in [9.17, 15) is 14.4 Å². The first-order valence-electron chi connectivity index (χ1n) is 9.77. The zero-order valence-corrected chi connectivity index (χ0v) is 17.7. The summed E-state index contributed by atoms with van der Waals surface area (Å²) < 4.78 is 5.17. The van der Waals surface area contributed by atoms with E-state index >= 15 is 0 Å². The van der Waals surface area contributed by atoms with Crippen molar-refractivity contribution in [2.24, 2.45) is 0 Å². The number of carbonyl (C=O) groups is 3. The lowest BCUT2D eigenvalue weighted by molar-refractivity contribution is -0.150. The molecule has 1 aliphatic carbocycles. The van der Waals surface area contributed by atoms with E-state index in [-0.39, 0.29) is 23.3 Å². The minimum atomic E-state index is -0.894. The summed E-state index contributed by atoms with van der Waals surface area (Å²) in [5.74, 6) is -0.548. The third-order valence-corrected chi connectivity index (χ3v) is 5.85. The number of carbonyl (C=O) groups excluding carboxylic acids is 3. The van der Waals surface area contributed by atoms with Crippen molar-refractivity contribution < 1.29 is 19.1 Å². The number of rotatable bonds is 8. The minimum Gasteiger partial charge on any atom is -0.452 e. The molecule has 0 heterocycles. The van der Waals surface area contributed by atoms with Crippen molar-refractivity contribution in [2.75, 3.05) is 23.9 Å². The van der Waals surface area contributed by atoms with Crippen LogP contribution in [0.15, 0.2) is 24.3 Å². The Bertz CT molecular complexity index is 671. The molecule has 0 aromatic heterocycles. The number of thioether (sulfide) groups is 1. The van der Waals surface area contributed by atoms with Gasteiger partial charge < -0.3 is 15.0 Å². The van der Waals surface area contributed by atoms with Gasteiger partial charge in [-0.05, 0) is 38.8 Å². The molecule has 7 heteroatoms. The highest BCUT2D eigenvalue weighted by Crippen LogP contribution is 2.22. The zero-order valence-electron chi connectivity index (χ0n) is 16.9. The van der Waals surface area contributed by atoms with Crippen molar-refractivity contribution in [3.05, 3.63) is 29.8 Å². The second-order valence-corrected chi connectivity index (χ2v) is 8.26. The highest BCUT2D eigenvalue weighted by Gasteiger charge is 2.22. The molecule has 0 bridgehead atoms. The second-order valence-electron chi connectivity index (χ2n) is 7.28. The Balaban J connectivity index is 1.67. The molecule has 0 radical (unpaired) electrons. The van der Waals surface area contributed by atoms with E-state index in [1.165, 1.54) is 37.9 Å². The van der Waals surface area contributed by atoms with Crippen LogP contribution >= 0.6 is 11.8 Å². The molecule has 1 aliphatic rings. The molecule has 2 rings (SSSR count). The molecule has 1 aromatic carbocycles. The summed E-state index contributed by atoms with van der Waals surface area (Å²) in [4.78, 5) is 38.2. The molecular formula is C21H30N2O4S. The van der Waals surface area contributed by atoms with Gasteiger partial charge >= 0.3 is 5.97 Å². The van der Waals surface area contributed by atoms with Crippen LogP contribution < -0.4 is 5.32 Å². The Hall–Kier alpha value is -2.02. The Kier molecular flexibility index (Phi) is 8.83. The van der Waals surface area contributed by atoms with Crippen LogP contribution in [-0.2, 0) is 19.1 Å². The van der Waals surface area contributed by atoms with Crippen LogP contribution in [0.25, 0.3) is 0 Å². The average molecular weight is 407 g/mol. The second kappa shape index (κ2) is 11.1. The predicted molar refractivity (Wildman–Crippen MR) is 112 cm³/mol. The molecule has 1 N–H and O–H groups in total. The van der Waals surface area contributed by atoms with Gasteiger partial charge in [0.05, 0.1) is 11.5 Å². The standard InChI is InChI=1S/C21H30N2O4S/c1-15-9-11-17(12-10-15)22-21(26)16(2)27-20(25)14-28-13-19(24)23(3)18-7-5-4-6-8-18/h9-12,16,18H,4-8,13-14H2,1-3H3,(H,22,26)/t16-/m1/s1. The van der Waals surface area contributed by atoms with E-state index in [4.69, 9.17) is 4.74 Å². The molecule has 1 aromatic rings. The van der Waals surface area contributed by atoms with Gasteiger partial charge in [0.25, 0.3) is 5.91 Å². The fourth-order valence-corrected chi connectivity index (χ4v) is 3.88. The number of esters is 1. The molecule has 0 spiro atoms. The molecular weight excluding hydrogens is 376 g/mol. The van der Waals surface area contributed by atoms with E-state index in [0.717, 1.165) is 18.4 Å². The maximum Gasteiger partial charge on any atom is 0.316 e. The summed E-state index contributed by atoms with van der Waals surface area (Å²) >= 11 is 1.22. The van der Waals surface area contributed by atoms with Crippen LogP contribution in [-0.4, -0.2) is 53.4 Å². The normalized spacial score (nSPS) is 15.5. The summed E-state index contributed by atoms with van der Waals surface area (Å²) in [6, 6.07) is 7.70. The molecule has 1 atom stereocenters. The van der Waals surface area contributed by atoms with Gasteiger partial charge in [0.1, 0.15) is 0 Å². The van der Waals surface area contributed by atoms with Crippen LogP contribution in [0.4, 0.5) is 5.69 Å². The van der Waals surface area contributed by atoms with Crippen LogP contribution in [0.2, 0.25) is 0 Å².